The smallest absolute Gasteiger partial charge is 0.261 e. The number of carbonyl (C=O) groups excluding carboxylic acids is 3. The SMILES string of the molecule is COc1ccccc1C(C)N(C)C(=O)CCCN1C(=O)c2ccccc2C1=O. The molecule has 0 N–H and O–H groups in total. The van der Waals surface area contributed by atoms with Crippen molar-refractivity contribution in [1.29, 1.82) is 0 Å². The highest BCUT2D eigenvalue weighted by atomic mass is 16.5. The molecule has 6 nitrogen and oxygen atoms in total. The average Bonchev–Trinajstić information content (AvgIpc) is 2.97. The lowest BCUT2D eigenvalue weighted by atomic mass is 10.1. The lowest BCUT2D eigenvalue weighted by Gasteiger charge is -2.27. The van der Waals surface area contributed by atoms with Crippen molar-refractivity contribution in [3.8, 4) is 5.75 Å². The molecule has 2 aromatic rings. The summed E-state index contributed by atoms with van der Waals surface area (Å²) in [5.74, 6) is 0.114. The fraction of sp³-hybridized carbons (Fsp3) is 0.318. The Balaban J connectivity index is 1.57. The number of rotatable bonds is 7. The molecule has 1 atom stereocenters. The van der Waals surface area contributed by atoms with Gasteiger partial charge in [-0.2, -0.15) is 0 Å². The van der Waals surface area contributed by atoms with E-state index in [2.05, 4.69) is 0 Å². The van der Waals surface area contributed by atoms with Crippen LogP contribution >= 0.6 is 0 Å². The van der Waals surface area contributed by atoms with Gasteiger partial charge in [0.2, 0.25) is 5.91 Å². The number of amides is 3. The molecule has 0 spiro atoms. The summed E-state index contributed by atoms with van der Waals surface area (Å²) >= 11 is 0. The highest BCUT2D eigenvalue weighted by Crippen LogP contribution is 2.28. The Labute approximate surface area is 164 Å². The monoisotopic (exact) mass is 380 g/mol. The topological polar surface area (TPSA) is 66.9 Å². The van der Waals surface area contributed by atoms with Crippen LogP contribution in [0.5, 0.6) is 5.75 Å². The molecular weight excluding hydrogens is 356 g/mol. The maximum Gasteiger partial charge on any atom is 0.261 e. The van der Waals surface area contributed by atoms with Gasteiger partial charge in [-0.05, 0) is 31.5 Å². The maximum absolute atomic E-state index is 12.6. The lowest BCUT2D eigenvalue weighted by molar-refractivity contribution is -0.132. The summed E-state index contributed by atoms with van der Waals surface area (Å²) in [6.07, 6.45) is 0.677. The van der Waals surface area contributed by atoms with Crippen molar-refractivity contribution in [2.45, 2.75) is 25.8 Å². The lowest BCUT2D eigenvalue weighted by Crippen LogP contribution is -2.33. The molecule has 0 aromatic heterocycles. The molecule has 0 saturated carbocycles. The Morgan fingerprint density at radius 2 is 1.61 bits per heavy atom. The summed E-state index contributed by atoms with van der Waals surface area (Å²) in [6, 6.07) is 14.2. The standard InChI is InChI=1S/C22H24N2O4/c1-15(16-9-6-7-12-19(16)28-3)23(2)20(25)13-8-14-24-21(26)17-10-4-5-11-18(17)22(24)27/h4-7,9-12,15H,8,13-14H2,1-3H3. The number of ether oxygens (including phenoxy) is 1. The maximum atomic E-state index is 12.6. The van der Waals surface area contributed by atoms with Gasteiger partial charge >= 0.3 is 0 Å². The van der Waals surface area contributed by atoms with E-state index in [-0.39, 0.29) is 36.7 Å². The first-order valence-electron chi connectivity index (χ1n) is 9.29. The highest BCUT2D eigenvalue weighted by molar-refractivity contribution is 6.21. The van der Waals surface area contributed by atoms with Gasteiger partial charge in [0.05, 0.1) is 24.3 Å². The fourth-order valence-corrected chi connectivity index (χ4v) is 3.44. The Morgan fingerprint density at radius 3 is 2.21 bits per heavy atom. The van der Waals surface area contributed by atoms with Gasteiger partial charge in [0.15, 0.2) is 0 Å². The number of imide groups is 1. The minimum atomic E-state index is -0.288. The van der Waals surface area contributed by atoms with Crippen molar-refractivity contribution in [2.24, 2.45) is 0 Å². The van der Waals surface area contributed by atoms with E-state index in [9.17, 15) is 14.4 Å². The molecule has 1 heterocycles. The first-order chi connectivity index (χ1) is 13.5. The van der Waals surface area contributed by atoms with Crippen molar-refractivity contribution < 1.29 is 19.1 Å². The van der Waals surface area contributed by atoms with E-state index >= 15 is 0 Å². The van der Waals surface area contributed by atoms with Crippen molar-refractivity contribution >= 4 is 17.7 Å². The zero-order chi connectivity index (χ0) is 20.3. The van der Waals surface area contributed by atoms with Gasteiger partial charge in [0.25, 0.3) is 11.8 Å². The first-order valence-corrected chi connectivity index (χ1v) is 9.29. The fourth-order valence-electron chi connectivity index (χ4n) is 3.44. The molecule has 1 aliphatic rings. The zero-order valence-electron chi connectivity index (χ0n) is 16.3. The summed E-state index contributed by atoms with van der Waals surface area (Å²) in [6.45, 7) is 2.18. The van der Waals surface area contributed by atoms with Crippen LogP contribution in [-0.2, 0) is 4.79 Å². The summed E-state index contributed by atoms with van der Waals surface area (Å²) in [7, 11) is 3.36. The van der Waals surface area contributed by atoms with Crippen LogP contribution in [0.3, 0.4) is 0 Å². The Bertz CT molecular complexity index is 874. The van der Waals surface area contributed by atoms with E-state index in [4.69, 9.17) is 4.74 Å². The van der Waals surface area contributed by atoms with E-state index in [0.29, 0.717) is 17.5 Å². The molecule has 6 heteroatoms. The third-order valence-electron chi connectivity index (χ3n) is 5.21. The number of hydrogen-bond donors (Lipinski definition) is 0. The molecule has 0 radical (unpaired) electrons. The summed E-state index contributed by atoms with van der Waals surface area (Å²) in [5.41, 5.74) is 1.79. The Kier molecular flexibility index (Phi) is 5.78. The third kappa shape index (κ3) is 3.63. The Hall–Kier alpha value is -3.15. The Morgan fingerprint density at radius 1 is 1.04 bits per heavy atom. The number of fused-ring (bicyclic) bond motifs is 1. The van der Waals surface area contributed by atoms with Crippen LogP contribution in [0.15, 0.2) is 48.5 Å². The largest absolute Gasteiger partial charge is 0.496 e. The molecule has 1 aliphatic heterocycles. The third-order valence-corrected chi connectivity index (χ3v) is 5.21. The second-order valence-corrected chi connectivity index (χ2v) is 6.83. The molecule has 0 aliphatic carbocycles. The van der Waals surface area contributed by atoms with E-state index in [1.54, 1.807) is 43.3 Å². The number of carbonyl (C=O) groups is 3. The van der Waals surface area contributed by atoms with Crippen LogP contribution in [-0.4, -0.2) is 48.2 Å². The number of nitrogens with zero attached hydrogens (tertiary/aromatic N) is 2. The van der Waals surface area contributed by atoms with Crippen LogP contribution in [0, 0.1) is 0 Å². The number of methoxy groups -OCH3 is 1. The number of para-hydroxylation sites is 1. The first kappa shape index (κ1) is 19.6. The number of benzene rings is 2. The predicted molar refractivity (Wildman–Crippen MR) is 105 cm³/mol. The number of hydrogen-bond acceptors (Lipinski definition) is 4. The van der Waals surface area contributed by atoms with E-state index in [0.717, 1.165) is 11.3 Å². The molecule has 2 aromatic carbocycles. The van der Waals surface area contributed by atoms with Gasteiger partial charge in [-0.15, -0.1) is 0 Å². The molecule has 0 saturated heterocycles. The van der Waals surface area contributed by atoms with Gasteiger partial charge in [0.1, 0.15) is 5.75 Å². The summed E-state index contributed by atoms with van der Waals surface area (Å²) < 4.78 is 5.38. The molecule has 0 fully saturated rings. The minimum absolute atomic E-state index is 0.0463. The van der Waals surface area contributed by atoms with Crippen molar-refractivity contribution in [3.63, 3.8) is 0 Å². The van der Waals surface area contributed by atoms with Crippen molar-refractivity contribution in [2.75, 3.05) is 20.7 Å². The normalized spacial score (nSPS) is 14.0. The van der Waals surface area contributed by atoms with E-state index in [1.807, 2.05) is 31.2 Å². The van der Waals surface area contributed by atoms with Crippen LogP contribution in [0.1, 0.15) is 52.1 Å². The van der Waals surface area contributed by atoms with E-state index < -0.39 is 0 Å². The average molecular weight is 380 g/mol. The molecule has 28 heavy (non-hydrogen) atoms. The minimum Gasteiger partial charge on any atom is -0.496 e. The van der Waals surface area contributed by atoms with Crippen LogP contribution < -0.4 is 4.74 Å². The van der Waals surface area contributed by atoms with Crippen LogP contribution in [0.4, 0.5) is 0 Å². The molecular formula is C22H24N2O4. The van der Waals surface area contributed by atoms with Crippen molar-refractivity contribution in [1.82, 2.24) is 9.80 Å². The highest BCUT2D eigenvalue weighted by Gasteiger charge is 2.34. The second-order valence-electron chi connectivity index (χ2n) is 6.83. The predicted octanol–water partition coefficient (Wildman–Crippen LogP) is 3.29. The summed E-state index contributed by atoms with van der Waals surface area (Å²) in [5, 5.41) is 0. The van der Waals surface area contributed by atoms with Gasteiger partial charge in [-0.3, -0.25) is 19.3 Å². The molecule has 1 unspecified atom stereocenters. The second kappa shape index (κ2) is 8.25. The van der Waals surface area contributed by atoms with Gasteiger partial charge < -0.3 is 9.64 Å². The summed E-state index contributed by atoms with van der Waals surface area (Å²) in [4.78, 5) is 40.3. The quantitative estimate of drug-likeness (QED) is 0.692. The van der Waals surface area contributed by atoms with E-state index in [1.165, 1.54) is 4.90 Å². The van der Waals surface area contributed by atoms with Crippen molar-refractivity contribution in [3.05, 3.63) is 65.2 Å². The molecule has 0 bridgehead atoms. The zero-order valence-corrected chi connectivity index (χ0v) is 16.3. The molecule has 146 valence electrons. The van der Waals surface area contributed by atoms with Gasteiger partial charge in [-0.1, -0.05) is 30.3 Å². The van der Waals surface area contributed by atoms with Gasteiger partial charge in [0, 0.05) is 25.6 Å². The van der Waals surface area contributed by atoms with Crippen LogP contribution in [0.25, 0.3) is 0 Å². The van der Waals surface area contributed by atoms with Gasteiger partial charge in [-0.25, -0.2) is 0 Å². The molecule has 3 rings (SSSR count). The van der Waals surface area contributed by atoms with Crippen LogP contribution in [0.2, 0.25) is 0 Å². The molecule has 3 amide bonds.